The van der Waals surface area contributed by atoms with E-state index in [1.165, 1.54) is 0 Å². The summed E-state index contributed by atoms with van der Waals surface area (Å²) in [7, 11) is 0. The lowest BCUT2D eigenvalue weighted by atomic mass is 10.3. The highest BCUT2D eigenvalue weighted by molar-refractivity contribution is 5.03. The van der Waals surface area contributed by atoms with Crippen LogP contribution in [0.3, 0.4) is 0 Å². The smallest absolute Gasteiger partial charge is 0.0416 e. The highest BCUT2D eigenvalue weighted by atomic mass is 14.9. The topological polar surface area (TPSA) is 24.9 Å². The minimum Gasteiger partial charge on any atom is -0.319 e. The maximum atomic E-state index is 6.90. The van der Waals surface area contributed by atoms with Gasteiger partial charge in [0.2, 0.25) is 0 Å². The van der Waals surface area contributed by atoms with Crippen LogP contribution >= 0.6 is 0 Å². The molecule has 0 unspecified atom stereocenters. The fourth-order valence-corrected chi connectivity index (χ4v) is 0.737. The Labute approximate surface area is 65.5 Å². The quantitative estimate of drug-likeness (QED) is 0.629. The van der Waals surface area contributed by atoms with Crippen molar-refractivity contribution in [3.05, 3.63) is 30.1 Å². The predicted molar refractivity (Wildman–Crippen MR) is 41.9 cm³/mol. The van der Waals surface area contributed by atoms with Crippen molar-refractivity contribution in [1.29, 1.82) is 0 Å². The van der Waals surface area contributed by atoms with Gasteiger partial charge in [0.05, 0.1) is 0 Å². The summed E-state index contributed by atoms with van der Waals surface area (Å²) in [5.41, 5.74) is 0.902. The molecule has 1 aromatic rings. The van der Waals surface area contributed by atoms with Gasteiger partial charge in [-0.05, 0) is 19.1 Å². The molecule has 0 aliphatic carbocycles. The van der Waals surface area contributed by atoms with Crippen LogP contribution in [0.2, 0.25) is 0 Å². The van der Waals surface area contributed by atoms with E-state index in [0.29, 0.717) is 13.0 Å². The zero-order valence-corrected chi connectivity index (χ0v) is 5.67. The third-order valence-corrected chi connectivity index (χ3v) is 1.23. The zero-order chi connectivity index (χ0) is 9.73. The molecule has 0 radical (unpaired) electrons. The van der Waals surface area contributed by atoms with Crippen LogP contribution in [0.5, 0.6) is 0 Å². The molecule has 0 fully saturated rings. The van der Waals surface area contributed by atoms with Crippen LogP contribution < -0.4 is 5.32 Å². The van der Waals surface area contributed by atoms with Crippen molar-refractivity contribution in [2.24, 2.45) is 0 Å². The Morgan fingerprint density at radius 1 is 1.70 bits per heavy atom. The van der Waals surface area contributed by atoms with Gasteiger partial charge in [-0.2, -0.15) is 0 Å². The molecule has 0 aliphatic heterocycles. The van der Waals surface area contributed by atoms with Crippen LogP contribution in [0.15, 0.2) is 24.4 Å². The summed E-state index contributed by atoms with van der Waals surface area (Å²) in [5, 5.41) is 2.43. The molecule has 1 N–H and O–H groups in total. The van der Waals surface area contributed by atoms with Crippen LogP contribution in [0.4, 0.5) is 0 Å². The van der Waals surface area contributed by atoms with E-state index in [4.69, 9.17) is 4.11 Å². The Balaban J connectivity index is 2.29. The van der Waals surface area contributed by atoms with Gasteiger partial charge in [-0.25, -0.2) is 0 Å². The summed E-state index contributed by atoms with van der Waals surface area (Å²) in [4.78, 5) is 4.07. The number of nitrogens with zero attached hydrogens (tertiary/aromatic N) is 1. The van der Waals surface area contributed by atoms with Crippen molar-refractivity contribution in [2.75, 3.05) is 13.5 Å². The second kappa shape index (κ2) is 4.01. The standard InChI is InChI=1S/C8H12N2/c1-9-7-5-8-4-2-3-6-10-8/h2-4,6,9H,5,7H2,1H3/i1+1D3. The second-order valence-electron chi connectivity index (χ2n) is 2.00. The van der Waals surface area contributed by atoms with Crippen LogP contribution in [0, 0.1) is 0 Å². The first-order valence-electron chi connectivity index (χ1n) is 4.73. The SMILES string of the molecule is [2H][13C]([2H])([2H])NCCc1ccccn1. The highest BCUT2D eigenvalue weighted by Crippen LogP contribution is 1.92. The fraction of sp³-hybridized carbons (Fsp3) is 0.375. The largest absolute Gasteiger partial charge is 0.319 e. The molecule has 0 aromatic carbocycles. The summed E-state index contributed by atoms with van der Waals surface area (Å²) in [6, 6.07) is 5.60. The number of rotatable bonds is 3. The lowest BCUT2D eigenvalue weighted by molar-refractivity contribution is 0.776. The first-order valence-corrected chi connectivity index (χ1v) is 3.23. The lowest BCUT2D eigenvalue weighted by Gasteiger charge is -1.96. The fourth-order valence-electron chi connectivity index (χ4n) is 0.737. The Bertz CT molecular complexity index is 245. The molecule has 2 nitrogen and oxygen atoms in total. The molecule has 0 atom stereocenters. The van der Waals surface area contributed by atoms with Gasteiger partial charge in [-0.3, -0.25) is 4.98 Å². The average molecular weight is 140 g/mol. The van der Waals surface area contributed by atoms with E-state index in [2.05, 4.69) is 10.3 Å². The molecular formula is C8H12N2. The van der Waals surface area contributed by atoms with Crippen molar-refractivity contribution in [3.8, 4) is 0 Å². The minimum absolute atomic E-state index is 0.424. The molecule has 0 aliphatic rings. The Hall–Kier alpha value is -0.890. The molecule has 1 aromatic heterocycles. The lowest BCUT2D eigenvalue weighted by Crippen LogP contribution is -2.10. The van der Waals surface area contributed by atoms with Crippen molar-refractivity contribution < 1.29 is 4.11 Å². The van der Waals surface area contributed by atoms with Gasteiger partial charge < -0.3 is 5.32 Å². The van der Waals surface area contributed by atoms with Gasteiger partial charge >= 0.3 is 0 Å². The van der Waals surface area contributed by atoms with Gasteiger partial charge in [0.1, 0.15) is 0 Å². The van der Waals surface area contributed by atoms with Crippen LogP contribution in [-0.4, -0.2) is 18.5 Å². The summed E-state index contributed by atoms with van der Waals surface area (Å²) in [6.45, 7) is -1.62. The number of nitrogens with one attached hydrogen (secondary N) is 1. The van der Waals surface area contributed by atoms with Crippen molar-refractivity contribution in [3.63, 3.8) is 0 Å². The number of hydrogen-bond donors (Lipinski definition) is 1. The van der Waals surface area contributed by atoms with Crippen LogP contribution in [-0.2, 0) is 6.42 Å². The number of likely N-dealkylation sites (N-methyl/N-ethyl adjacent to an activating group) is 1. The Kier molecular flexibility index (Phi) is 1.64. The summed E-state index contributed by atoms with van der Waals surface area (Å²) in [6.07, 6.45) is 2.34. The zero-order valence-electron chi connectivity index (χ0n) is 8.67. The van der Waals surface area contributed by atoms with E-state index < -0.39 is 6.98 Å². The molecule has 0 bridgehead atoms. The number of pyridine rings is 1. The van der Waals surface area contributed by atoms with E-state index >= 15 is 0 Å². The maximum absolute atomic E-state index is 6.90. The van der Waals surface area contributed by atoms with E-state index in [-0.39, 0.29) is 0 Å². The molecule has 0 saturated carbocycles. The summed E-state index contributed by atoms with van der Waals surface area (Å²) >= 11 is 0. The molecule has 2 heteroatoms. The molecule has 0 amide bonds. The number of aromatic nitrogens is 1. The molecule has 1 rings (SSSR count). The molecule has 0 spiro atoms. The van der Waals surface area contributed by atoms with E-state index in [9.17, 15) is 0 Å². The van der Waals surface area contributed by atoms with Crippen LogP contribution in [0.25, 0.3) is 0 Å². The molecule has 1 heterocycles. The second-order valence-corrected chi connectivity index (χ2v) is 2.00. The molecule has 10 heavy (non-hydrogen) atoms. The average Bonchev–Trinajstić information content (AvgIpc) is 2.04. The minimum atomic E-state index is -2.05. The van der Waals surface area contributed by atoms with Gasteiger partial charge in [0.15, 0.2) is 0 Å². The van der Waals surface area contributed by atoms with E-state index in [1.54, 1.807) is 6.20 Å². The summed E-state index contributed by atoms with van der Waals surface area (Å²) < 4.78 is 20.7. The van der Waals surface area contributed by atoms with Crippen molar-refractivity contribution in [1.82, 2.24) is 10.3 Å². The Morgan fingerprint density at radius 3 is 3.40 bits per heavy atom. The van der Waals surface area contributed by atoms with Gasteiger partial charge in [-0.1, -0.05) is 6.07 Å². The highest BCUT2D eigenvalue weighted by Gasteiger charge is 1.88. The van der Waals surface area contributed by atoms with Crippen LogP contribution in [0.1, 0.15) is 9.81 Å². The molecule has 54 valence electrons. The first kappa shape index (κ1) is 4.09. The third-order valence-electron chi connectivity index (χ3n) is 1.23. The van der Waals surface area contributed by atoms with E-state index in [0.717, 1.165) is 5.69 Å². The third kappa shape index (κ3) is 2.15. The molecule has 0 saturated heterocycles. The van der Waals surface area contributed by atoms with Crippen molar-refractivity contribution in [2.45, 2.75) is 6.42 Å². The van der Waals surface area contributed by atoms with Crippen molar-refractivity contribution >= 4 is 0 Å². The monoisotopic (exact) mass is 140 g/mol. The number of hydrogen-bond acceptors (Lipinski definition) is 2. The predicted octanol–water partition coefficient (Wildman–Crippen LogP) is 0.843. The van der Waals surface area contributed by atoms with E-state index in [1.807, 2.05) is 18.2 Å². The normalized spacial score (nSPS) is 15.4. The first-order chi connectivity index (χ1) is 6.08. The van der Waals surface area contributed by atoms with Gasteiger partial charge in [-0.15, -0.1) is 0 Å². The molecular weight excluding hydrogens is 125 g/mol. The summed E-state index contributed by atoms with van der Waals surface area (Å²) in [5.74, 6) is 0. The Morgan fingerprint density at radius 2 is 2.70 bits per heavy atom. The maximum Gasteiger partial charge on any atom is 0.0416 e. The van der Waals surface area contributed by atoms with Gasteiger partial charge in [0.25, 0.3) is 0 Å². The van der Waals surface area contributed by atoms with Gasteiger partial charge in [0, 0.05) is 29.0 Å².